The van der Waals surface area contributed by atoms with Gasteiger partial charge in [-0.05, 0) is 74.0 Å². The Morgan fingerprint density at radius 3 is 2.49 bits per heavy atom. The molecule has 0 aromatic heterocycles. The first-order chi connectivity index (χ1) is 18.1. The maximum Gasteiger partial charge on any atom is 0.257 e. The van der Waals surface area contributed by atoms with E-state index in [2.05, 4.69) is 66.4 Å². The number of rotatable bonds is 6. The number of nitrogens with zero attached hydrogens (tertiary/aromatic N) is 3. The lowest BCUT2D eigenvalue weighted by Crippen LogP contribution is -2.42. The van der Waals surface area contributed by atoms with Crippen LogP contribution in [0.2, 0.25) is 0 Å². The van der Waals surface area contributed by atoms with E-state index in [0.717, 1.165) is 60.7 Å². The monoisotopic (exact) mass is 495 g/mol. The SMILES string of the molecule is Cc1ccc(C2=NN(C(=O)CN3CCC(Cc4ccccc4)CC3)[C@@H](c3ccc4c(c3)OCO4)C2)cc1. The molecule has 3 aliphatic heterocycles. The van der Waals surface area contributed by atoms with Crippen LogP contribution in [0.15, 0.2) is 77.9 Å². The number of aryl methyl sites for hydroxylation is 1. The highest BCUT2D eigenvalue weighted by Crippen LogP contribution is 2.39. The lowest BCUT2D eigenvalue weighted by molar-refractivity contribution is -0.134. The second-order valence-electron chi connectivity index (χ2n) is 10.4. The zero-order valence-electron chi connectivity index (χ0n) is 21.3. The molecule has 0 spiro atoms. The number of carbonyl (C=O) groups excluding carboxylic acids is 1. The Labute approximate surface area is 218 Å². The summed E-state index contributed by atoms with van der Waals surface area (Å²) in [5.74, 6) is 2.20. The molecule has 3 aromatic carbocycles. The largest absolute Gasteiger partial charge is 0.454 e. The molecule has 6 nitrogen and oxygen atoms in total. The minimum Gasteiger partial charge on any atom is -0.454 e. The quantitative estimate of drug-likeness (QED) is 0.462. The topological polar surface area (TPSA) is 54.4 Å². The number of hydrazone groups is 1. The number of benzene rings is 3. The second-order valence-corrected chi connectivity index (χ2v) is 10.4. The first kappa shape index (κ1) is 23.7. The van der Waals surface area contributed by atoms with Gasteiger partial charge in [0.05, 0.1) is 18.3 Å². The van der Waals surface area contributed by atoms with Crippen molar-refractivity contribution >= 4 is 11.6 Å². The summed E-state index contributed by atoms with van der Waals surface area (Å²) in [5.41, 5.74) is 5.63. The third kappa shape index (κ3) is 5.25. The Balaban J connectivity index is 1.16. The predicted molar refractivity (Wildman–Crippen MR) is 144 cm³/mol. The third-order valence-corrected chi connectivity index (χ3v) is 7.77. The van der Waals surface area contributed by atoms with Gasteiger partial charge in [0, 0.05) is 6.42 Å². The van der Waals surface area contributed by atoms with Crippen molar-refractivity contribution in [1.82, 2.24) is 9.91 Å². The third-order valence-electron chi connectivity index (χ3n) is 7.77. The van der Waals surface area contributed by atoms with E-state index in [1.165, 1.54) is 11.1 Å². The fourth-order valence-corrected chi connectivity index (χ4v) is 5.60. The van der Waals surface area contributed by atoms with Crippen LogP contribution in [0.5, 0.6) is 11.5 Å². The first-order valence-corrected chi connectivity index (χ1v) is 13.2. The molecule has 0 radical (unpaired) electrons. The summed E-state index contributed by atoms with van der Waals surface area (Å²) < 4.78 is 11.1. The van der Waals surface area contributed by atoms with Crippen LogP contribution in [-0.4, -0.2) is 48.0 Å². The van der Waals surface area contributed by atoms with Crippen molar-refractivity contribution in [3.8, 4) is 11.5 Å². The van der Waals surface area contributed by atoms with Gasteiger partial charge in [-0.1, -0.05) is 66.2 Å². The van der Waals surface area contributed by atoms with Gasteiger partial charge in [-0.3, -0.25) is 9.69 Å². The van der Waals surface area contributed by atoms with E-state index in [4.69, 9.17) is 14.6 Å². The van der Waals surface area contributed by atoms with Gasteiger partial charge in [0.2, 0.25) is 6.79 Å². The van der Waals surface area contributed by atoms with Crippen molar-refractivity contribution in [3.05, 3.63) is 95.1 Å². The molecule has 3 aliphatic rings. The van der Waals surface area contributed by atoms with Crippen LogP contribution in [0.3, 0.4) is 0 Å². The van der Waals surface area contributed by atoms with Crippen molar-refractivity contribution < 1.29 is 14.3 Å². The van der Waals surface area contributed by atoms with Gasteiger partial charge in [-0.2, -0.15) is 5.10 Å². The summed E-state index contributed by atoms with van der Waals surface area (Å²) in [4.78, 5) is 15.9. The van der Waals surface area contributed by atoms with E-state index >= 15 is 0 Å². The van der Waals surface area contributed by atoms with Gasteiger partial charge in [-0.25, -0.2) is 5.01 Å². The molecule has 37 heavy (non-hydrogen) atoms. The molecule has 0 saturated carbocycles. The number of ether oxygens (including phenoxy) is 2. The van der Waals surface area contributed by atoms with Crippen molar-refractivity contribution in [2.24, 2.45) is 11.0 Å². The van der Waals surface area contributed by atoms with Crippen LogP contribution >= 0.6 is 0 Å². The Morgan fingerprint density at radius 2 is 1.70 bits per heavy atom. The average molecular weight is 496 g/mol. The molecular weight excluding hydrogens is 462 g/mol. The molecule has 6 heteroatoms. The van der Waals surface area contributed by atoms with E-state index in [-0.39, 0.29) is 18.7 Å². The maximum atomic E-state index is 13.7. The standard InChI is InChI=1S/C31H33N3O3/c1-22-7-9-25(10-8-22)27-19-28(26-11-12-29-30(18-26)37-21-36-29)34(32-27)31(35)20-33-15-13-24(14-16-33)17-23-5-3-2-4-6-23/h2-12,18,24,28H,13-17,19-21H2,1H3/t28-/m1/s1. The van der Waals surface area contributed by atoms with Crippen molar-refractivity contribution in [2.45, 2.75) is 38.6 Å². The van der Waals surface area contributed by atoms with Crippen molar-refractivity contribution in [3.63, 3.8) is 0 Å². The summed E-state index contributed by atoms with van der Waals surface area (Å²) >= 11 is 0. The summed E-state index contributed by atoms with van der Waals surface area (Å²) in [6.45, 7) is 4.59. The van der Waals surface area contributed by atoms with Crippen molar-refractivity contribution in [1.29, 1.82) is 0 Å². The van der Waals surface area contributed by atoms with E-state index in [1.54, 1.807) is 5.01 Å². The fourth-order valence-electron chi connectivity index (χ4n) is 5.60. The smallest absolute Gasteiger partial charge is 0.257 e. The van der Waals surface area contributed by atoms with E-state index in [1.807, 2.05) is 18.2 Å². The number of amides is 1. The highest BCUT2D eigenvalue weighted by molar-refractivity contribution is 6.03. The zero-order valence-corrected chi connectivity index (χ0v) is 21.3. The number of hydrogen-bond acceptors (Lipinski definition) is 5. The highest BCUT2D eigenvalue weighted by atomic mass is 16.7. The van der Waals surface area contributed by atoms with Crippen LogP contribution in [0.25, 0.3) is 0 Å². The van der Waals surface area contributed by atoms with Gasteiger partial charge in [0.15, 0.2) is 11.5 Å². The first-order valence-electron chi connectivity index (χ1n) is 13.2. The predicted octanol–water partition coefficient (Wildman–Crippen LogP) is 5.36. The van der Waals surface area contributed by atoms with Crippen LogP contribution < -0.4 is 9.47 Å². The fraction of sp³-hybridized carbons (Fsp3) is 0.355. The number of carbonyl (C=O) groups is 1. The molecule has 1 amide bonds. The Kier molecular flexibility index (Phi) is 6.66. The number of fused-ring (bicyclic) bond motifs is 1. The Bertz CT molecular complexity index is 1280. The molecule has 3 heterocycles. The number of likely N-dealkylation sites (tertiary alicyclic amines) is 1. The van der Waals surface area contributed by atoms with E-state index in [9.17, 15) is 4.79 Å². The Morgan fingerprint density at radius 1 is 0.946 bits per heavy atom. The Hall–Kier alpha value is -3.64. The molecule has 0 bridgehead atoms. The lowest BCUT2D eigenvalue weighted by atomic mass is 9.90. The molecule has 0 unspecified atom stereocenters. The van der Waals surface area contributed by atoms with Crippen LogP contribution in [0, 0.1) is 12.8 Å². The molecule has 0 aliphatic carbocycles. The van der Waals surface area contributed by atoms with Crippen LogP contribution in [0.4, 0.5) is 0 Å². The minimum absolute atomic E-state index is 0.0475. The molecule has 3 aromatic rings. The normalized spacial score (nSPS) is 19.8. The average Bonchev–Trinajstić information content (AvgIpc) is 3.58. The zero-order chi connectivity index (χ0) is 25.2. The molecule has 1 atom stereocenters. The van der Waals surface area contributed by atoms with Gasteiger partial charge < -0.3 is 9.47 Å². The molecule has 190 valence electrons. The van der Waals surface area contributed by atoms with Gasteiger partial charge in [-0.15, -0.1) is 0 Å². The van der Waals surface area contributed by atoms with Gasteiger partial charge in [0.25, 0.3) is 5.91 Å². The van der Waals surface area contributed by atoms with Gasteiger partial charge >= 0.3 is 0 Å². The van der Waals surface area contributed by atoms with Crippen molar-refractivity contribution in [2.75, 3.05) is 26.4 Å². The molecule has 1 fully saturated rings. The lowest BCUT2D eigenvalue weighted by Gasteiger charge is -2.33. The number of hydrogen-bond donors (Lipinski definition) is 0. The van der Waals surface area contributed by atoms with Crippen LogP contribution in [-0.2, 0) is 11.2 Å². The minimum atomic E-state index is -0.158. The maximum absolute atomic E-state index is 13.7. The van der Waals surface area contributed by atoms with Gasteiger partial charge in [0.1, 0.15) is 0 Å². The number of piperidine rings is 1. The summed E-state index contributed by atoms with van der Waals surface area (Å²) in [6, 6.07) is 24.9. The van der Waals surface area contributed by atoms with Crippen LogP contribution in [0.1, 0.15) is 47.6 Å². The molecular formula is C31H33N3O3. The van der Waals surface area contributed by atoms with E-state index in [0.29, 0.717) is 18.9 Å². The molecule has 0 N–H and O–H groups in total. The molecule has 6 rings (SSSR count). The molecule has 1 saturated heterocycles. The van der Waals surface area contributed by atoms with E-state index < -0.39 is 0 Å². The summed E-state index contributed by atoms with van der Waals surface area (Å²) in [5, 5.41) is 6.59. The second kappa shape index (κ2) is 10.4. The summed E-state index contributed by atoms with van der Waals surface area (Å²) in [7, 11) is 0. The summed E-state index contributed by atoms with van der Waals surface area (Å²) in [6.07, 6.45) is 4.02. The highest BCUT2D eigenvalue weighted by Gasteiger charge is 2.35.